The molecule has 0 amide bonds. The summed E-state index contributed by atoms with van der Waals surface area (Å²) in [5.41, 5.74) is 1.25. The normalized spacial score (nSPS) is 10.2. The Morgan fingerprint density at radius 3 is 2.30 bits per heavy atom. The van der Waals surface area contributed by atoms with Crippen LogP contribution in [-0.4, -0.2) is 28.6 Å². The molecule has 0 saturated carbocycles. The van der Waals surface area contributed by atoms with Gasteiger partial charge in [-0.25, -0.2) is 0 Å². The highest BCUT2D eigenvalue weighted by atomic mass is 16.5. The molecule has 1 aromatic heterocycles. The monoisotopic (exact) mass is 274 g/mol. The van der Waals surface area contributed by atoms with Crippen LogP contribution in [-0.2, 0) is 6.42 Å². The summed E-state index contributed by atoms with van der Waals surface area (Å²) >= 11 is 0. The van der Waals surface area contributed by atoms with Crippen LogP contribution in [0.4, 0.5) is 5.95 Å². The lowest BCUT2D eigenvalue weighted by Gasteiger charge is -2.08. The van der Waals surface area contributed by atoms with E-state index in [1.807, 2.05) is 31.2 Å². The molecule has 0 atom stereocenters. The molecule has 1 N–H and O–H groups in total. The van der Waals surface area contributed by atoms with Crippen molar-refractivity contribution in [3.8, 4) is 17.8 Å². The fourth-order valence-corrected chi connectivity index (χ4v) is 1.59. The highest BCUT2D eigenvalue weighted by Gasteiger charge is 2.08. The number of anilines is 1. The molecule has 6 heteroatoms. The molecule has 0 saturated heterocycles. The van der Waals surface area contributed by atoms with Crippen LogP contribution >= 0.6 is 0 Å². The van der Waals surface area contributed by atoms with Crippen LogP contribution in [0.15, 0.2) is 24.3 Å². The summed E-state index contributed by atoms with van der Waals surface area (Å²) in [4.78, 5) is 12.3. The zero-order valence-electron chi connectivity index (χ0n) is 11.9. The Labute approximate surface area is 118 Å². The molecule has 0 spiro atoms. The first-order chi connectivity index (χ1) is 9.75. The summed E-state index contributed by atoms with van der Waals surface area (Å²) in [6.45, 7) is 4.46. The van der Waals surface area contributed by atoms with Gasteiger partial charge in [-0.3, -0.25) is 0 Å². The van der Waals surface area contributed by atoms with Gasteiger partial charge < -0.3 is 14.8 Å². The third-order valence-corrected chi connectivity index (χ3v) is 2.63. The number of benzene rings is 1. The van der Waals surface area contributed by atoms with Gasteiger partial charge in [-0.15, -0.1) is 4.98 Å². The molecule has 0 fully saturated rings. The summed E-state index contributed by atoms with van der Waals surface area (Å²) in [7, 11) is 1.73. The van der Waals surface area contributed by atoms with Crippen LogP contribution in [0.5, 0.6) is 17.8 Å². The summed E-state index contributed by atoms with van der Waals surface area (Å²) in [6.07, 6.45) is 0.991. The predicted octanol–water partition coefficient (Wildman–Crippen LogP) is 2.67. The van der Waals surface area contributed by atoms with E-state index in [-0.39, 0.29) is 12.0 Å². The van der Waals surface area contributed by atoms with E-state index in [4.69, 9.17) is 9.47 Å². The van der Waals surface area contributed by atoms with Crippen molar-refractivity contribution in [2.75, 3.05) is 19.0 Å². The second-order valence-electron chi connectivity index (χ2n) is 4.01. The molecular formula is C14H18N4O2. The largest absolute Gasteiger partial charge is 0.464 e. The van der Waals surface area contributed by atoms with Gasteiger partial charge in [-0.1, -0.05) is 19.1 Å². The quantitative estimate of drug-likeness (QED) is 0.873. The number of nitrogens with zero attached hydrogens (tertiary/aromatic N) is 3. The van der Waals surface area contributed by atoms with Crippen LogP contribution < -0.4 is 14.8 Å². The van der Waals surface area contributed by atoms with E-state index < -0.39 is 0 Å². The third-order valence-electron chi connectivity index (χ3n) is 2.63. The van der Waals surface area contributed by atoms with Crippen molar-refractivity contribution >= 4 is 5.95 Å². The van der Waals surface area contributed by atoms with Crippen LogP contribution in [0.1, 0.15) is 19.4 Å². The van der Waals surface area contributed by atoms with E-state index in [9.17, 15) is 0 Å². The lowest BCUT2D eigenvalue weighted by atomic mass is 10.2. The Kier molecular flexibility index (Phi) is 4.70. The average Bonchev–Trinajstić information content (AvgIpc) is 2.48. The minimum absolute atomic E-state index is 0.206. The maximum absolute atomic E-state index is 5.63. The van der Waals surface area contributed by atoms with Gasteiger partial charge in [0, 0.05) is 7.05 Å². The first-order valence-electron chi connectivity index (χ1n) is 6.58. The molecule has 0 aliphatic carbocycles. The van der Waals surface area contributed by atoms with Gasteiger partial charge in [0.25, 0.3) is 0 Å². The fraction of sp³-hybridized carbons (Fsp3) is 0.357. The predicted molar refractivity (Wildman–Crippen MR) is 76.4 cm³/mol. The number of hydrogen-bond donors (Lipinski definition) is 1. The molecule has 0 bridgehead atoms. The Bertz CT molecular complexity index is 558. The molecule has 1 heterocycles. The lowest BCUT2D eigenvalue weighted by molar-refractivity contribution is 0.304. The van der Waals surface area contributed by atoms with Gasteiger partial charge in [0.1, 0.15) is 5.75 Å². The molecule has 0 aliphatic heterocycles. The minimum Gasteiger partial charge on any atom is -0.464 e. The topological polar surface area (TPSA) is 69.2 Å². The van der Waals surface area contributed by atoms with Gasteiger partial charge in [-0.2, -0.15) is 9.97 Å². The molecule has 0 radical (unpaired) electrons. The zero-order valence-corrected chi connectivity index (χ0v) is 11.9. The van der Waals surface area contributed by atoms with Gasteiger partial charge in [0.2, 0.25) is 5.95 Å². The zero-order chi connectivity index (χ0) is 14.4. The Balaban J connectivity index is 2.20. The Hall–Kier alpha value is -2.37. The molecular weight excluding hydrogens is 256 g/mol. The fourth-order valence-electron chi connectivity index (χ4n) is 1.59. The maximum Gasteiger partial charge on any atom is 0.330 e. The van der Waals surface area contributed by atoms with Crippen molar-refractivity contribution in [2.24, 2.45) is 0 Å². The van der Waals surface area contributed by atoms with Crippen molar-refractivity contribution in [3.63, 3.8) is 0 Å². The van der Waals surface area contributed by atoms with Gasteiger partial charge in [0.15, 0.2) is 0 Å². The number of aromatic nitrogens is 3. The van der Waals surface area contributed by atoms with Gasteiger partial charge in [0.05, 0.1) is 6.61 Å². The first-order valence-corrected chi connectivity index (χ1v) is 6.58. The van der Waals surface area contributed by atoms with E-state index in [1.54, 1.807) is 7.05 Å². The Morgan fingerprint density at radius 2 is 1.70 bits per heavy atom. The second-order valence-corrected chi connectivity index (χ2v) is 4.01. The van der Waals surface area contributed by atoms with Crippen molar-refractivity contribution in [1.82, 2.24) is 15.0 Å². The van der Waals surface area contributed by atoms with Crippen molar-refractivity contribution in [1.29, 1.82) is 0 Å². The summed E-state index contributed by atoms with van der Waals surface area (Å²) in [6, 6.07) is 8.26. The van der Waals surface area contributed by atoms with Crippen molar-refractivity contribution in [2.45, 2.75) is 20.3 Å². The Morgan fingerprint density at radius 1 is 1.00 bits per heavy atom. The van der Waals surface area contributed by atoms with Crippen molar-refractivity contribution < 1.29 is 9.47 Å². The number of aryl methyl sites for hydroxylation is 1. The molecule has 2 aromatic rings. The number of ether oxygens (including phenoxy) is 2. The standard InChI is InChI=1S/C14H18N4O2/c1-4-10-6-8-11(9-7-10)20-14-17-12(15-3)16-13(18-14)19-5-2/h6-9H,4-5H2,1-3H3,(H,15,16,17,18). The van der Waals surface area contributed by atoms with E-state index in [2.05, 4.69) is 27.2 Å². The van der Waals surface area contributed by atoms with Gasteiger partial charge >= 0.3 is 12.0 Å². The average molecular weight is 274 g/mol. The molecule has 20 heavy (non-hydrogen) atoms. The summed E-state index contributed by atoms with van der Waals surface area (Å²) in [5, 5.41) is 2.85. The SMILES string of the molecule is CCOc1nc(NC)nc(Oc2ccc(CC)cc2)n1. The molecule has 1 aromatic carbocycles. The number of rotatable bonds is 6. The molecule has 0 aliphatic rings. The molecule has 2 rings (SSSR count). The molecule has 6 nitrogen and oxygen atoms in total. The smallest absolute Gasteiger partial charge is 0.330 e. The van der Waals surface area contributed by atoms with Crippen LogP contribution in [0, 0.1) is 0 Å². The summed E-state index contributed by atoms with van der Waals surface area (Å²) in [5.74, 6) is 1.08. The highest BCUT2D eigenvalue weighted by Crippen LogP contribution is 2.21. The molecule has 106 valence electrons. The lowest BCUT2D eigenvalue weighted by Crippen LogP contribution is -2.05. The van der Waals surface area contributed by atoms with E-state index in [0.29, 0.717) is 18.3 Å². The first kappa shape index (κ1) is 14.0. The van der Waals surface area contributed by atoms with Gasteiger partial charge in [-0.05, 0) is 31.0 Å². The van der Waals surface area contributed by atoms with E-state index in [0.717, 1.165) is 6.42 Å². The molecule has 0 unspecified atom stereocenters. The minimum atomic E-state index is 0.206. The highest BCUT2D eigenvalue weighted by molar-refractivity contribution is 5.31. The maximum atomic E-state index is 5.63. The summed E-state index contributed by atoms with van der Waals surface area (Å²) < 4.78 is 10.9. The van der Waals surface area contributed by atoms with Crippen LogP contribution in [0.3, 0.4) is 0 Å². The number of hydrogen-bond acceptors (Lipinski definition) is 6. The third kappa shape index (κ3) is 3.57. The van der Waals surface area contributed by atoms with Crippen LogP contribution in [0.25, 0.3) is 0 Å². The van der Waals surface area contributed by atoms with Crippen molar-refractivity contribution in [3.05, 3.63) is 29.8 Å². The second kappa shape index (κ2) is 6.70. The number of nitrogens with one attached hydrogen (secondary N) is 1. The van der Waals surface area contributed by atoms with E-state index in [1.165, 1.54) is 5.56 Å². The van der Waals surface area contributed by atoms with Crippen LogP contribution in [0.2, 0.25) is 0 Å². The van der Waals surface area contributed by atoms with E-state index >= 15 is 0 Å².